The zero-order valence-corrected chi connectivity index (χ0v) is 11.9. The zero-order valence-electron chi connectivity index (χ0n) is 8.77. The molecule has 0 fully saturated rings. The van der Waals surface area contributed by atoms with Gasteiger partial charge in [0.05, 0.1) is 34.0 Å². The number of nitrogens with zero attached hydrogens (tertiary/aromatic N) is 3. The van der Waals surface area contributed by atoms with E-state index in [0.29, 0.717) is 25.9 Å². The molecule has 0 aliphatic carbocycles. The lowest BCUT2D eigenvalue weighted by molar-refractivity contribution is -0.136. The van der Waals surface area contributed by atoms with Gasteiger partial charge in [0.25, 0.3) is 0 Å². The Kier molecular flexibility index (Phi) is 3.89. The van der Waals surface area contributed by atoms with Gasteiger partial charge in [0.1, 0.15) is 0 Å². The van der Waals surface area contributed by atoms with E-state index in [-0.39, 0.29) is 6.42 Å². The Bertz CT molecular complexity index is 615. The fourth-order valence-electron chi connectivity index (χ4n) is 1.34. The summed E-state index contributed by atoms with van der Waals surface area (Å²) in [6.07, 6.45) is 1.31. The molecule has 8 heteroatoms. The molecule has 2 aromatic rings. The van der Waals surface area contributed by atoms with Crippen molar-refractivity contribution in [1.82, 2.24) is 15.0 Å². The van der Waals surface area contributed by atoms with Gasteiger partial charge in [-0.3, -0.25) is 4.79 Å². The summed E-state index contributed by atoms with van der Waals surface area (Å²) in [5, 5.41) is 16.9. The molecule has 0 aliphatic heterocycles. The number of benzene rings is 1. The second-order valence-corrected chi connectivity index (χ2v) is 5.03. The number of carbonyl (C=O) groups is 1. The lowest BCUT2D eigenvalue weighted by Gasteiger charge is -2.06. The number of aliphatic carboxylic acids is 1. The summed E-state index contributed by atoms with van der Waals surface area (Å²) >= 11 is 15.3. The van der Waals surface area contributed by atoms with Crippen LogP contribution in [0.5, 0.6) is 0 Å². The van der Waals surface area contributed by atoms with Crippen molar-refractivity contribution in [2.75, 3.05) is 0 Å². The third kappa shape index (κ3) is 2.66. The molecule has 18 heavy (non-hydrogen) atoms. The van der Waals surface area contributed by atoms with Gasteiger partial charge in [-0.2, -0.15) is 0 Å². The highest BCUT2D eigenvalue weighted by Crippen LogP contribution is 2.34. The van der Waals surface area contributed by atoms with Crippen LogP contribution in [-0.4, -0.2) is 26.1 Å². The van der Waals surface area contributed by atoms with E-state index >= 15 is 0 Å². The summed E-state index contributed by atoms with van der Waals surface area (Å²) in [5.41, 5.74) is 0.881. The van der Waals surface area contributed by atoms with Gasteiger partial charge < -0.3 is 5.11 Å². The summed E-state index contributed by atoms with van der Waals surface area (Å²) in [7, 11) is 0. The maximum Gasteiger partial charge on any atom is 0.309 e. The highest BCUT2D eigenvalue weighted by molar-refractivity contribution is 9.10. The van der Waals surface area contributed by atoms with Gasteiger partial charge in [-0.1, -0.05) is 28.4 Å². The minimum Gasteiger partial charge on any atom is -0.481 e. The molecule has 5 nitrogen and oxygen atoms in total. The summed E-state index contributed by atoms with van der Waals surface area (Å²) < 4.78 is 2.06. The topological polar surface area (TPSA) is 68.0 Å². The number of hydrogen-bond donors (Lipinski definition) is 1. The fourth-order valence-corrected chi connectivity index (χ4v) is 2.20. The Balaban J connectivity index is 2.40. The molecular formula is C10H6BrCl2N3O2. The van der Waals surface area contributed by atoms with Gasteiger partial charge in [-0.05, 0) is 28.1 Å². The molecule has 0 radical (unpaired) electrons. The van der Waals surface area contributed by atoms with Crippen LogP contribution in [0.3, 0.4) is 0 Å². The lowest BCUT2D eigenvalue weighted by atomic mass is 10.3. The first-order valence-corrected chi connectivity index (χ1v) is 6.31. The zero-order chi connectivity index (χ0) is 13.3. The number of hydrogen-bond acceptors (Lipinski definition) is 3. The Morgan fingerprint density at radius 3 is 2.78 bits per heavy atom. The highest BCUT2D eigenvalue weighted by atomic mass is 79.9. The summed E-state index contributed by atoms with van der Waals surface area (Å²) in [5.74, 6) is -0.970. The quantitative estimate of drug-likeness (QED) is 0.864. The van der Waals surface area contributed by atoms with Gasteiger partial charge in [-0.15, -0.1) is 5.10 Å². The van der Waals surface area contributed by atoms with E-state index in [0.717, 1.165) is 0 Å². The van der Waals surface area contributed by atoms with Crippen molar-refractivity contribution in [2.45, 2.75) is 6.42 Å². The number of carboxylic acid groups (broad SMARTS) is 1. The first-order chi connectivity index (χ1) is 8.49. The van der Waals surface area contributed by atoms with Crippen LogP contribution in [0.15, 0.2) is 22.8 Å². The van der Waals surface area contributed by atoms with Gasteiger partial charge >= 0.3 is 5.97 Å². The molecular weight excluding hydrogens is 345 g/mol. The first kappa shape index (κ1) is 13.3. The minimum atomic E-state index is -0.970. The smallest absolute Gasteiger partial charge is 0.309 e. The first-order valence-electron chi connectivity index (χ1n) is 4.76. The van der Waals surface area contributed by atoms with E-state index in [1.807, 2.05) is 0 Å². The number of aromatic nitrogens is 3. The molecule has 2 rings (SSSR count). The SMILES string of the molecule is O=C(O)Cc1cn(-c2ccc(Br)c(Cl)c2Cl)nn1. The van der Waals surface area contributed by atoms with Crippen molar-refractivity contribution < 1.29 is 9.90 Å². The fraction of sp³-hybridized carbons (Fsp3) is 0.100. The van der Waals surface area contributed by atoms with Crippen molar-refractivity contribution in [3.8, 4) is 5.69 Å². The predicted octanol–water partition coefficient (Wildman–Crippen LogP) is 2.96. The van der Waals surface area contributed by atoms with E-state index in [9.17, 15) is 4.79 Å². The normalized spacial score (nSPS) is 10.6. The largest absolute Gasteiger partial charge is 0.481 e. The molecule has 0 amide bonds. The van der Waals surface area contributed by atoms with Gasteiger partial charge in [-0.25, -0.2) is 4.68 Å². The Morgan fingerprint density at radius 2 is 2.11 bits per heavy atom. The number of rotatable bonds is 3. The van der Waals surface area contributed by atoms with Gasteiger partial charge in [0.2, 0.25) is 0 Å². The van der Waals surface area contributed by atoms with Crippen LogP contribution in [0.25, 0.3) is 5.69 Å². The van der Waals surface area contributed by atoms with Crippen LogP contribution in [0, 0.1) is 0 Å². The molecule has 1 N–H and O–H groups in total. The average Bonchev–Trinajstić information content (AvgIpc) is 2.73. The molecule has 0 saturated heterocycles. The summed E-state index contributed by atoms with van der Waals surface area (Å²) in [4.78, 5) is 10.5. The minimum absolute atomic E-state index is 0.193. The third-order valence-corrected chi connectivity index (χ3v) is 3.90. The van der Waals surface area contributed by atoms with Gasteiger partial charge in [0, 0.05) is 4.47 Å². The van der Waals surface area contributed by atoms with E-state index in [1.165, 1.54) is 10.9 Å². The molecule has 1 heterocycles. The van der Waals surface area contributed by atoms with Gasteiger partial charge in [0.15, 0.2) is 0 Å². The van der Waals surface area contributed by atoms with Crippen molar-refractivity contribution in [3.05, 3.63) is 38.5 Å². The van der Waals surface area contributed by atoms with Crippen LogP contribution in [0.2, 0.25) is 10.0 Å². The van der Waals surface area contributed by atoms with Crippen molar-refractivity contribution in [2.24, 2.45) is 0 Å². The van der Waals surface area contributed by atoms with Crippen molar-refractivity contribution in [1.29, 1.82) is 0 Å². The molecule has 0 aliphatic rings. The molecule has 1 aromatic carbocycles. The maximum atomic E-state index is 10.5. The highest BCUT2D eigenvalue weighted by Gasteiger charge is 2.12. The molecule has 1 aromatic heterocycles. The molecule has 0 atom stereocenters. The number of halogens is 3. The van der Waals surface area contributed by atoms with E-state index < -0.39 is 5.97 Å². The molecule has 0 unspecified atom stereocenters. The van der Waals surface area contributed by atoms with Crippen molar-refractivity contribution >= 4 is 45.1 Å². The monoisotopic (exact) mass is 349 g/mol. The van der Waals surface area contributed by atoms with Crippen LogP contribution >= 0.6 is 39.1 Å². The van der Waals surface area contributed by atoms with Crippen molar-refractivity contribution in [3.63, 3.8) is 0 Å². The predicted molar refractivity (Wildman–Crippen MR) is 70.4 cm³/mol. The molecule has 0 spiro atoms. The average molecular weight is 351 g/mol. The Morgan fingerprint density at radius 1 is 1.39 bits per heavy atom. The molecule has 0 bridgehead atoms. The Hall–Kier alpha value is -1.11. The summed E-state index contributed by atoms with van der Waals surface area (Å²) in [6.45, 7) is 0. The maximum absolute atomic E-state index is 10.5. The Labute approximate surface area is 120 Å². The second kappa shape index (κ2) is 5.26. The lowest BCUT2D eigenvalue weighted by Crippen LogP contribution is -2.00. The van der Waals surface area contributed by atoms with Crippen LogP contribution in [0.1, 0.15) is 5.69 Å². The van der Waals surface area contributed by atoms with Crippen LogP contribution in [0.4, 0.5) is 0 Å². The second-order valence-electron chi connectivity index (χ2n) is 3.42. The molecule has 0 saturated carbocycles. The van der Waals surface area contributed by atoms with E-state index in [2.05, 4.69) is 26.2 Å². The van der Waals surface area contributed by atoms with Crippen LogP contribution in [-0.2, 0) is 11.2 Å². The van der Waals surface area contributed by atoms with E-state index in [4.69, 9.17) is 28.3 Å². The standard InChI is InChI=1S/C10H6BrCl2N3O2/c11-6-1-2-7(10(13)9(6)12)16-4-5(14-15-16)3-8(17)18/h1-2,4H,3H2,(H,17,18). The number of carboxylic acids is 1. The van der Waals surface area contributed by atoms with Crippen LogP contribution < -0.4 is 0 Å². The van der Waals surface area contributed by atoms with E-state index in [1.54, 1.807) is 12.1 Å². The third-order valence-electron chi connectivity index (χ3n) is 2.13. The summed E-state index contributed by atoms with van der Waals surface area (Å²) in [6, 6.07) is 3.43. The molecule has 94 valence electrons.